The highest BCUT2D eigenvalue weighted by Gasteiger charge is 2.41. The summed E-state index contributed by atoms with van der Waals surface area (Å²) >= 11 is 4.97. The van der Waals surface area contributed by atoms with Crippen molar-refractivity contribution in [3.8, 4) is 11.5 Å². The molecule has 4 aliphatic heterocycles. The summed E-state index contributed by atoms with van der Waals surface area (Å²) in [6.45, 7) is 6.01. The molecule has 14 heteroatoms. The molecular weight excluding hydrogens is 521 g/mol. The number of ether oxygens (including phenoxy) is 2. The lowest BCUT2D eigenvalue weighted by molar-refractivity contribution is -0.133. The van der Waals surface area contributed by atoms with E-state index < -0.39 is 11.9 Å². The topological polar surface area (TPSA) is 136 Å². The van der Waals surface area contributed by atoms with E-state index >= 15 is 0 Å². The van der Waals surface area contributed by atoms with E-state index in [1.807, 2.05) is 0 Å². The van der Waals surface area contributed by atoms with E-state index in [1.54, 1.807) is 13.8 Å². The van der Waals surface area contributed by atoms with Gasteiger partial charge in [0.2, 0.25) is 0 Å². The Morgan fingerprint density at radius 1 is 0.676 bits per heavy atom. The monoisotopic (exact) mass is 534 g/mol. The average molecular weight is 535 g/mol. The van der Waals surface area contributed by atoms with E-state index in [4.69, 9.17) is 9.47 Å². The van der Waals surface area contributed by atoms with Gasteiger partial charge < -0.3 is 9.47 Å². The lowest BCUT2D eigenvalue weighted by atomic mass is 10.2. The molecule has 4 heterocycles. The van der Waals surface area contributed by atoms with Crippen LogP contribution in [-0.4, -0.2) is 35.2 Å². The molecule has 0 aromatic heterocycles. The second kappa shape index (κ2) is 8.52. The molecule has 1 aromatic carbocycles. The number of nitrogens with one attached hydrogen (secondary N) is 2. The third-order valence-corrected chi connectivity index (χ3v) is 9.94. The molecule has 2 amide bonds. The number of hydrogen-bond donors (Lipinski definition) is 2. The number of amides is 2. The highest BCUT2D eigenvalue weighted by Crippen LogP contribution is 2.68. The second-order valence-corrected chi connectivity index (χ2v) is 11.8. The predicted octanol–water partition coefficient (Wildman–Crippen LogP) is 3.37. The Morgan fingerprint density at radius 2 is 1.00 bits per heavy atom. The Labute approximate surface area is 209 Å². The highest BCUT2D eigenvalue weighted by atomic mass is 32.2. The molecule has 0 aliphatic carbocycles. The number of carbonyl (C=O) groups is 4. The third-order valence-electron chi connectivity index (χ3n) is 4.74. The number of benzene rings is 1. The fraction of sp³-hybridized carbons (Fsp3) is 0.200. The summed E-state index contributed by atoms with van der Waals surface area (Å²) in [4.78, 5) is 51.0. The van der Waals surface area contributed by atoms with Gasteiger partial charge in [-0.25, -0.2) is 10.9 Å². The Bertz CT molecular complexity index is 1230. The number of carbonyl (C=O) groups excluding carboxylic acids is 4. The molecular formula is C20H14N4O6S4. The second-order valence-electron chi connectivity index (χ2n) is 7.17. The van der Waals surface area contributed by atoms with Crippen LogP contribution in [0.15, 0.2) is 49.4 Å². The summed E-state index contributed by atoms with van der Waals surface area (Å²) in [6.07, 6.45) is 0. The maximum Gasteiger partial charge on any atom is 0.308 e. The van der Waals surface area contributed by atoms with Crippen molar-refractivity contribution >= 4 is 82.2 Å². The summed E-state index contributed by atoms with van der Waals surface area (Å²) in [5.74, 6) is -1.17. The van der Waals surface area contributed by atoms with E-state index in [9.17, 15) is 19.2 Å². The summed E-state index contributed by atoms with van der Waals surface area (Å²) in [5, 5.41) is 7.95. The summed E-state index contributed by atoms with van der Waals surface area (Å²) in [7, 11) is 0. The van der Waals surface area contributed by atoms with Gasteiger partial charge in [0.05, 0.1) is 50.6 Å². The van der Waals surface area contributed by atoms with Crippen LogP contribution in [0.25, 0.3) is 0 Å². The molecule has 0 unspecified atom stereocenters. The first-order valence-corrected chi connectivity index (χ1v) is 12.9. The van der Waals surface area contributed by atoms with Crippen molar-refractivity contribution in [2.24, 2.45) is 10.2 Å². The summed E-state index contributed by atoms with van der Waals surface area (Å²) < 4.78 is 12.5. The Morgan fingerprint density at radius 3 is 1.24 bits per heavy atom. The normalized spacial score (nSPS) is 18.5. The van der Waals surface area contributed by atoms with Crippen LogP contribution >= 0.6 is 47.0 Å². The number of hydrazone groups is 2. The maximum absolute atomic E-state index is 12.4. The Hall–Kier alpha value is -2.68. The molecule has 5 rings (SSSR count). The third kappa shape index (κ3) is 3.74. The molecule has 34 heavy (non-hydrogen) atoms. The van der Waals surface area contributed by atoms with Crippen LogP contribution in [0.4, 0.5) is 0 Å². The fourth-order valence-electron chi connectivity index (χ4n) is 3.38. The van der Waals surface area contributed by atoms with Crippen LogP contribution in [0, 0.1) is 0 Å². The van der Waals surface area contributed by atoms with Gasteiger partial charge in [-0.15, -0.1) is 0 Å². The van der Waals surface area contributed by atoms with Crippen molar-refractivity contribution in [3.63, 3.8) is 0 Å². The van der Waals surface area contributed by atoms with Gasteiger partial charge in [0.1, 0.15) is 0 Å². The smallest absolute Gasteiger partial charge is 0.308 e. The Kier molecular flexibility index (Phi) is 5.78. The summed E-state index contributed by atoms with van der Waals surface area (Å²) in [6, 6.07) is 0. The van der Waals surface area contributed by atoms with Crippen molar-refractivity contribution < 1.29 is 28.7 Å². The molecule has 0 spiro atoms. The van der Waals surface area contributed by atoms with Gasteiger partial charge in [-0.05, 0) is 13.8 Å². The van der Waals surface area contributed by atoms with Gasteiger partial charge in [0.15, 0.2) is 11.5 Å². The van der Waals surface area contributed by atoms with E-state index in [0.29, 0.717) is 50.6 Å². The van der Waals surface area contributed by atoms with Crippen molar-refractivity contribution in [1.82, 2.24) is 10.9 Å². The molecule has 174 valence electrons. The molecule has 1 aromatic rings. The van der Waals surface area contributed by atoms with Gasteiger partial charge in [0.25, 0.3) is 11.8 Å². The van der Waals surface area contributed by atoms with Crippen LogP contribution < -0.4 is 20.3 Å². The van der Waals surface area contributed by atoms with Crippen LogP contribution in [0.5, 0.6) is 11.5 Å². The molecule has 0 fully saturated rings. The van der Waals surface area contributed by atoms with Crippen LogP contribution in [0.2, 0.25) is 0 Å². The largest absolute Gasteiger partial charge is 0.424 e. The van der Waals surface area contributed by atoms with Gasteiger partial charge in [-0.2, -0.15) is 10.2 Å². The summed E-state index contributed by atoms with van der Waals surface area (Å²) in [5.41, 5.74) is 6.75. The highest BCUT2D eigenvalue weighted by molar-refractivity contribution is 8.26. The first-order chi connectivity index (χ1) is 16.2. The first kappa shape index (κ1) is 23.1. The van der Waals surface area contributed by atoms with Crippen molar-refractivity contribution in [3.05, 3.63) is 19.6 Å². The van der Waals surface area contributed by atoms with E-state index in [1.165, 1.54) is 60.9 Å². The van der Waals surface area contributed by atoms with Gasteiger partial charge in [-0.3, -0.25) is 19.2 Å². The SMILES string of the molecule is CC(=O)Oc1c2c(c(OC(C)=O)c3c1SC(=C1C(=O)NN=C1C)S3)SC(=C1C(=O)NN=C1C)S2. The quantitative estimate of drug-likeness (QED) is 0.330. The minimum absolute atomic E-state index is 0.288. The number of thioether (sulfide) groups is 4. The first-order valence-electron chi connectivity index (χ1n) is 9.66. The average Bonchev–Trinajstić information content (AvgIpc) is 3.51. The molecule has 2 N–H and O–H groups in total. The predicted molar refractivity (Wildman–Crippen MR) is 129 cm³/mol. The number of fused-ring (bicyclic) bond motifs is 2. The van der Waals surface area contributed by atoms with Crippen molar-refractivity contribution in [2.45, 2.75) is 47.3 Å². The Balaban J connectivity index is 1.72. The standard InChI is InChI=1S/C20H14N4O6S4/c1-5-9(17(27)23-21-5)19-31-13-11(29-7(3)25)15-16(12(14(13)32-19)30-8(4)26)34-20(33-15)10-6(2)22-24-18(10)28/h1-4H3,(H,23,27)(H,24,28). The van der Waals surface area contributed by atoms with Gasteiger partial charge in [0, 0.05) is 13.8 Å². The minimum Gasteiger partial charge on any atom is -0.424 e. The van der Waals surface area contributed by atoms with Gasteiger partial charge in [-0.1, -0.05) is 47.0 Å². The molecule has 0 radical (unpaired) electrons. The zero-order valence-corrected chi connectivity index (χ0v) is 21.2. The van der Waals surface area contributed by atoms with Gasteiger partial charge >= 0.3 is 11.9 Å². The lowest BCUT2D eigenvalue weighted by Gasteiger charge is -2.15. The maximum atomic E-state index is 12.4. The van der Waals surface area contributed by atoms with E-state index in [-0.39, 0.29) is 23.3 Å². The molecule has 10 nitrogen and oxygen atoms in total. The van der Waals surface area contributed by atoms with E-state index in [2.05, 4.69) is 21.1 Å². The van der Waals surface area contributed by atoms with Crippen LogP contribution in [0.3, 0.4) is 0 Å². The fourth-order valence-corrected chi connectivity index (χ4v) is 9.14. The van der Waals surface area contributed by atoms with Crippen molar-refractivity contribution in [1.29, 1.82) is 0 Å². The number of esters is 2. The number of hydrogen-bond acceptors (Lipinski definition) is 12. The zero-order valence-electron chi connectivity index (χ0n) is 18.0. The van der Waals surface area contributed by atoms with Crippen LogP contribution in [0.1, 0.15) is 27.7 Å². The molecule has 0 saturated heterocycles. The lowest BCUT2D eigenvalue weighted by Crippen LogP contribution is -2.13. The minimum atomic E-state index is -0.532. The number of nitrogens with zero attached hydrogens (tertiary/aromatic N) is 2. The molecule has 0 bridgehead atoms. The molecule has 0 atom stereocenters. The van der Waals surface area contributed by atoms with Crippen LogP contribution in [-0.2, 0) is 19.2 Å². The molecule has 0 saturated carbocycles. The van der Waals surface area contributed by atoms with Crippen molar-refractivity contribution in [2.75, 3.05) is 0 Å². The zero-order chi connectivity index (χ0) is 24.3. The molecule has 4 aliphatic rings. The van der Waals surface area contributed by atoms with E-state index in [0.717, 1.165) is 0 Å². The number of rotatable bonds is 2.